The van der Waals surface area contributed by atoms with Crippen molar-refractivity contribution in [2.45, 2.75) is 12.8 Å². The highest BCUT2D eigenvalue weighted by molar-refractivity contribution is 7.52. The summed E-state index contributed by atoms with van der Waals surface area (Å²) in [6, 6.07) is 35.6. The van der Waals surface area contributed by atoms with Crippen LogP contribution in [0, 0.1) is 0 Å². The third-order valence-corrected chi connectivity index (χ3v) is 9.01. The first kappa shape index (κ1) is 29.4. The minimum atomic E-state index is -3.79. The predicted molar refractivity (Wildman–Crippen MR) is 165 cm³/mol. The number of hydrogen-bond donors (Lipinski definition) is 2. The van der Waals surface area contributed by atoms with E-state index < -0.39 is 15.5 Å². The molecule has 0 amide bonds. The number of benzene rings is 4. The van der Waals surface area contributed by atoms with Gasteiger partial charge in [0, 0.05) is 13.1 Å². The van der Waals surface area contributed by atoms with Crippen molar-refractivity contribution in [2.24, 2.45) is 0 Å². The lowest BCUT2D eigenvalue weighted by Gasteiger charge is -2.23. The zero-order chi connectivity index (χ0) is 29.1. The molecule has 4 aromatic rings. The fraction of sp³-hybridized carbons (Fsp3) is 0.125. The molecule has 10 heteroatoms. The van der Waals surface area contributed by atoms with E-state index in [0.717, 1.165) is 24.0 Å². The van der Waals surface area contributed by atoms with Gasteiger partial charge >= 0.3 is 15.5 Å². The Hall–Kier alpha value is -4.06. The van der Waals surface area contributed by atoms with Crippen LogP contribution in [0.5, 0.6) is 23.0 Å². The molecule has 4 aromatic carbocycles. The van der Waals surface area contributed by atoms with Gasteiger partial charge in [-0.1, -0.05) is 90.5 Å². The summed E-state index contributed by atoms with van der Waals surface area (Å²) >= 11 is 0. The highest BCUT2D eigenvalue weighted by atomic mass is 31.2. The summed E-state index contributed by atoms with van der Waals surface area (Å²) in [4.78, 5) is 0. The average molecular weight is 603 g/mol. The van der Waals surface area contributed by atoms with Gasteiger partial charge in [0.25, 0.3) is 0 Å². The van der Waals surface area contributed by atoms with Crippen molar-refractivity contribution in [1.29, 1.82) is 0 Å². The molecule has 42 heavy (non-hydrogen) atoms. The maximum absolute atomic E-state index is 13.8. The first-order chi connectivity index (χ1) is 20.5. The minimum absolute atomic E-state index is 0.235. The van der Waals surface area contributed by atoms with Crippen LogP contribution in [0.2, 0.25) is 0 Å². The SMILES string of the molecule is O=P(NCC1=CCCC(CNP(=O)(Oc2ccccc2)Oc2ccccc2)=C1)(Oc1ccccc1)Oc1ccccc1. The van der Waals surface area contributed by atoms with E-state index in [4.69, 9.17) is 18.1 Å². The van der Waals surface area contributed by atoms with Crippen molar-refractivity contribution in [3.8, 4) is 23.0 Å². The Labute approximate surface area is 246 Å². The maximum Gasteiger partial charge on any atom is 0.513 e. The minimum Gasteiger partial charge on any atom is -0.405 e. The summed E-state index contributed by atoms with van der Waals surface area (Å²) in [6.45, 7) is 0.506. The number of para-hydroxylation sites is 4. The van der Waals surface area contributed by atoms with Gasteiger partial charge in [0.05, 0.1) is 0 Å². The van der Waals surface area contributed by atoms with Gasteiger partial charge in [-0.25, -0.2) is 9.13 Å². The lowest BCUT2D eigenvalue weighted by Crippen LogP contribution is -2.23. The molecule has 0 unspecified atom stereocenters. The molecule has 1 aliphatic rings. The van der Waals surface area contributed by atoms with E-state index in [0.29, 0.717) is 23.0 Å². The first-order valence-corrected chi connectivity index (χ1v) is 16.6. The van der Waals surface area contributed by atoms with Crippen LogP contribution in [0.3, 0.4) is 0 Å². The van der Waals surface area contributed by atoms with Gasteiger partial charge in [-0.05, 0) is 66.9 Å². The van der Waals surface area contributed by atoms with Gasteiger partial charge in [-0.3, -0.25) is 0 Å². The van der Waals surface area contributed by atoms with Crippen LogP contribution in [0.25, 0.3) is 0 Å². The standard InChI is InChI=1S/C32H32N2O6P2/c35-41(37-29-16-5-1-6-17-29,38-30-18-7-2-8-19-30)33-25-27-14-13-15-28(24-27)26-34-42(36,39-31-20-9-3-10-21-31)40-32-22-11-4-12-23-32/h1-12,14,16-24H,13,15,25-26H2,(H,33,35)(H,34,36). The molecule has 0 radical (unpaired) electrons. The molecule has 0 atom stereocenters. The van der Waals surface area contributed by atoms with E-state index in [2.05, 4.69) is 16.3 Å². The van der Waals surface area contributed by atoms with Crippen LogP contribution >= 0.6 is 15.5 Å². The molecule has 0 bridgehead atoms. The molecule has 5 rings (SSSR count). The number of allylic oxidation sites excluding steroid dienone is 1. The molecule has 8 nitrogen and oxygen atoms in total. The van der Waals surface area contributed by atoms with Crippen LogP contribution in [-0.2, 0) is 9.13 Å². The summed E-state index contributed by atoms with van der Waals surface area (Å²) in [5.74, 6) is 1.71. The molecule has 216 valence electrons. The average Bonchev–Trinajstić information content (AvgIpc) is 3.01. The van der Waals surface area contributed by atoms with Crippen molar-refractivity contribution in [2.75, 3.05) is 13.1 Å². The zero-order valence-electron chi connectivity index (χ0n) is 22.9. The van der Waals surface area contributed by atoms with Gasteiger partial charge in [0.15, 0.2) is 0 Å². The Balaban J connectivity index is 1.26. The fourth-order valence-electron chi connectivity index (χ4n) is 4.13. The van der Waals surface area contributed by atoms with Gasteiger partial charge in [0.1, 0.15) is 23.0 Å². The van der Waals surface area contributed by atoms with Crippen LogP contribution in [-0.4, -0.2) is 13.1 Å². The Bertz CT molecular complexity index is 1490. The van der Waals surface area contributed by atoms with Crippen molar-refractivity contribution < 1.29 is 27.2 Å². The third-order valence-electron chi connectivity index (χ3n) is 6.11. The second-order valence-electron chi connectivity index (χ2n) is 9.40. The maximum atomic E-state index is 13.8. The highest BCUT2D eigenvalue weighted by Gasteiger charge is 2.30. The largest absolute Gasteiger partial charge is 0.513 e. The van der Waals surface area contributed by atoms with Crippen molar-refractivity contribution in [3.63, 3.8) is 0 Å². The Morgan fingerprint density at radius 2 is 0.881 bits per heavy atom. The molecular formula is C32H32N2O6P2. The Kier molecular flexibility index (Phi) is 9.96. The second kappa shape index (κ2) is 14.2. The van der Waals surface area contributed by atoms with Gasteiger partial charge in [-0.15, -0.1) is 0 Å². The normalized spacial score (nSPS) is 13.4. The summed E-state index contributed by atoms with van der Waals surface area (Å²) in [7, 11) is -7.57. The second-order valence-corrected chi connectivity index (χ2v) is 12.8. The van der Waals surface area contributed by atoms with Crippen LogP contribution in [0.1, 0.15) is 12.8 Å². The number of hydrogen-bond acceptors (Lipinski definition) is 6. The summed E-state index contributed by atoms with van der Waals surface area (Å²) in [6.07, 6.45) is 5.56. The third kappa shape index (κ3) is 8.97. The smallest absolute Gasteiger partial charge is 0.405 e. The van der Waals surface area contributed by atoms with E-state index in [9.17, 15) is 9.13 Å². The van der Waals surface area contributed by atoms with E-state index >= 15 is 0 Å². The van der Waals surface area contributed by atoms with Crippen LogP contribution < -0.4 is 28.3 Å². The topological polar surface area (TPSA) is 95.1 Å². The number of nitrogens with one attached hydrogen (secondary N) is 2. The zero-order valence-corrected chi connectivity index (χ0v) is 24.7. The lowest BCUT2D eigenvalue weighted by molar-refractivity contribution is 0.372. The quantitative estimate of drug-likeness (QED) is 0.139. The molecule has 2 N–H and O–H groups in total. The molecule has 0 heterocycles. The molecule has 0 aromatic heterocycles. The van der Waals surface area contributed by atoms with Crippen LogP contribution in [0.4, 0.5) is 0 Å². The van der Waals surface area contributed by atoms with Crippen molar-refractivity contribution >= 4 is 15.5 Å². The van der Waals surface area contributed by atoms with E-state index in [1.807, 2.05) is 30.3 Å². The summed E-state index contributed by atoms with van der Waals surface area (Å²) < 4.78 is 50.9. The molecule has 0 saturated carbocycles. The highest BCUT2D eigenvalue weighted by Crippen LogP contribution is 2.46. The molecule has 0 fully saturated rings. The van der Waals surface area contributed by atoms with Crippen molar-refractivity contribution in [3.05, 3.63) is 145 Å². The molecule has 0 aliphatic heterocycles. The van der Waals surface area contributed by atoms with Crippen LogP contribution in [0.15, 0.2) is 145 Å². The Morgan fingerprint density at radius 3 is 1.26 bits per heavy atom. The first-order valence-electron chi connectivity index (χ1n) is 13.5. The Morgan fingerprint density at radius 1 is 0.524 bits per heavy atom. The molecule has 1 aliphatic carbocycles. The molecule has 0 saturated heterocycles. The van der Waals surface area contributed by atoms with Gasteiger partial charge in [-0.2, -0.15) is 10.2 Å². The molecule has 0 spiro atoms. The van der Waals surface area contributed by atoms with E-state index in [-0.39, 0.29) is 13.1 Å². The monoisotopic (exact) mass is 602 g/mol. The van der Waals surface area contributed by atoms with E-state index in [1.54, 1.807) is 97.1 Å². The molecular weight excluding hydrogens is 570 g/mol. The lowest BCUT2D eigenvalue weighted by atomic mass is 10.00. The van der Waals surface area contributed by atoms with Gasteiger partial charge in [0.2, 0.25) is 0 Å². The van der Waals surface area contributed by atoms with E-state index in [1.165, 1.54) is 0 Å². The number of rotatable bonds is 14. The summed E-state index contributed by atoms with van der Waals surface area (Å²) in [5, 5.41) is 6.01. The summed E-state index contributed by atoms with van der Waals surface area (Å²) in [5.41, 5.74) is 1.89. The van der Waals surface area contributed by atoms with Gasteiger partial charge < -0.3 is 18.1 Å². The predicted octanol–water partition coefficient (Wildman–Crippen LogP) is 8.34. The van der Waals surface area contributed by atoms with Crippen molar-refractivity contribution in [1.82, 2.24) is 10.2 Å². The fourth-order valence-corrected chi connectivity index (χ4v) is 6.83.